The topological polar surface area (TPSA) is 22.0 Å². The standard InChI is InChI=1S/C40H26NOPS/c42-43(31-10-3-1-4-11-31,32-12-5-2-6-13-32)33-22-20-28-24-27(18-19-29(28)25-33)30-21-23-37-39(26-30)44-38-17-9-15-35-34-14-7-8-16-36(34)41(37)40(35)38/h1-26H. The van der Waals surface area contributed by atoms with Gasteiger partial charge in [0.25, 0.3) is 0 Å². The van der Waals surface area contributed by atoms with Gasteiger partial charge in [0.2, 0.25) is 0 Å². The average molecular weight is 600 g/mol. The van der Waals surface area contributed by atoms with Crippen LogP contribution in [0.5, 0.6) is 0 Å². The summed E-state index contributed by atoms with van der Waals surface area (Å²) in [6, 6.07) is 54.8. The third kappa shape index (κ3) is 3.80. The van der Waals surface area contributed by atoms with Gasteiger partial charge in [0, 0.05) is 36.5 Å². The first kappa shape index (κ1) is 25.7. The van der Waals surface area contributed by atoms with Gasteiger partial charge in [-0.05, 0) is 58.3 Å². The smallest absolute Gasteiger partial charge is 0.171 e. The van der Waals surface area contributed by atoms with Crippen LogP contribution in [0.3, 0.4) is 0 Å². The minimum absolute atomic E-state index is 0.850. The van der Waals surface area contributed by atoms with Crippen LogP contribution in [0.2, 0.25) is 0 Å². The average Bonchev–Trinajstić information content (AvgIpc) is 3.44. The number of rotatable bonds is 4. The number of fused-ring (bicyclic) bond motifs is 6. The number of nitrogens with zero attached hydrogens (tertiary/aromatic N) is 1. The summed E-state index contributed by atoms with van der Waals surface area (Å²) in [6.45, 7) is 0. The Morgan fingerprint density at radius 2 is 1.11 bits per heavy atom. The Bertz CT molecular complexity index is 2400. The third-order valence-electron chi connectivity index (χ3n) is 8.84. The van der Waals surface area contributed by atoms with E-state index in [0.29, 0.717) is 0 Å². The molecule has 0 spiro atoms. The fraction of sp³-hybridized carbons (Fsp3) is 0. The Kier molecular flexibility index (Phi) is 5.75. The Labute approximate surface area is 260 Å². The summed E-state index contributed by atoms with van der Waals surface area (Å²) in [5, 5.41) is 7.36. The van der Waals surface area contributed by atoms with Crippen molar-refractivity contribution in [3.8, 4) is 16.8 Å². The van der Waals surface area contributed by atoms with Crippen molar-refractivity contribution in [1.82, 2.24) is 4.57 Å². The first-order valence-electron chi connectivity index (χ1n) is 14.8. The van der Waals surface area contributed by atoms with Crippen LogP contribution in [0.1, 0.15) is 0 Å². The lowest BCUT2D eigenvalue weighted by atomic mass is 10.0. The van der Waals surface area contributed by atoms with E-state index in [4.69, 9.17) is 0 Å². The second-order valence-corrected chi connectivity index (χ2v) is 15.2. The highest BCUT2D eigenvalue weighted by Gasteiger charge is 2.30. The molecule has 0 radical (unpaired) electrons. The van der Waals surface area contributed by atoms with Gasteiger partial charge in [0.15, 0.2) is 7.14 Å². The fourth-order valence-electron chi connectivity index (χ4n) is 6.73. The summed E-state index contributed by atoms with van der Waals surface area (Å²) in [7, 11) is -3.03. The van der Waals surface area contributed by atoms with E-state index < -0.39 is 7.14 Å². The van der Waals surface area contributed by atoms with E-state index in [9.17, 15) is 4.57 Å². The van der Waals surface area contributed by atoms with E-state index in [1.165, 1.54) is 48.4 Å². The van der Waals surface area contributed by atoms with Crippen molar-refractivity contribution >= 4 is 67.4 Å². The maximum absolute atomic E-state index is 14.9. The fourth-order valence-corrected chi connectivity index (χ4v) is 10.5. The molecule has 8 aromatic rings. The summed E-state index contributed by atoms with van der Waals surface area (Å²) in [4.78, 5) is 2.54. The maximum Gasteiger partial charge on any atom is 0.171 e. The molecule has 2 heterocycles. The van der Waals surface area contributed by atoms with Gasteiger partial charge in [-0.15, -0.1) is 0 Å². The summed E-state index contributed by atoms with van der Waals surface area (Å²) in [6.07, 6.45) is 0. The summed E-state index contributed by atoms with van der Waals surface area (Å²) in [5.41, 5.74) is 6.13. The largest absolute Gasteiger partial charge is 0.309 e. The molecule has 9 rings (SSSR count). The molecular formula is C40H26NOPS. The summed E-state index contributed by atoms with van der Waals surface area (Å²) < 4.78 is 17.3. The number of aromatic nitrogens is 1. The number of para-hydroxylation sites is 2. The van der Waals surface area contributed by atoms with Crippen LogP contribution >= 0.6 is 18.9 Å². The van der Waals surface area contributed by atoms with Gasteiger partial charge in [-0.3, -0.25) is 0 Å². The Morgan fingerprint density at radius 3 is 1.91 bits per heavy atom. The van der Waals surface area contributed by atoms with Crippen molar-refractivity contribution in [1.29, 1.82) is 0 Å². The van der Waals surface area contributed by atoms with Crippen LogP contribution in [0.15, 0.2) is 168 Å². The molecule has 0 unspecified atom stereocenters. The third-order valence-corrected chi connectivity index (χ3v) is 13.0. The van der Waals surface area contributed by atoms with Gasteiger partial charge in [-0.1, -0.05) is 133 Å². The maximum atomic E-state index is 14.9. The molecule has 1 aliphatic rings. The van der Waals surface area contributed by atoms with Gasteiger partial charge in [0.05, 0.1) is 16.7 Å². The molecule has 44 heavy (non-hydrogen) atoms. The molecule has 208 valence electrons. The van der Waals surface area contributed by atoms with E-state index in [2.05, 4.69) is 102 Å². The van der Waals surface area contributed by atoms with E-state index in [0.717, 1.165) is 26.7 Å². The lowest BCUT2D eigenvalue weighted by Crippen LogP contribution is -2.24. The zero-order valence-corrected chi connectivity index (χ0v) is 25.4. The zero-order valence-electron chi connectivity index (χ0n) is 23.7. The summed E-state index contributed by atoms with van der Waals surface area (Å²) in [5.74, 6) is 0. The van der Waals surface area contributed by atoms with Gasteiger partial charge in [-0.2, -0.15) is 0 Å². The van der Waals surface area contributed by atoms with E-state index in [-0.39, 0.29) is 0 Å². The van der Waals surface area contributed by atoms with Crippen molar-refractivity contribution in [2.45, 2.75) is 9.79 Å². The highest BCUT2D eigenvalue weighted by Crippen LogP contribution is 2.48. The number of benzene rings is 7. The van der Waals surface area contributed by atoms with Crippen LogP contribution < -0.4 is 15.9 Å². The molecule has 0 atom stereocenters. The Balaban J connectivity index is 1.14. The van der Waals surface area contributed by atoms with Gasteiger partial charge in [-0.25, -0.2) is 0 Å². The van der Waals surface area contributed by atoms with Crippen molar-refractivity contribution in [3.05, 3.63) is 158 Å². The second kappa shape index (κ2) is 9.86. The highest BCUT2D eigenvalue weighted by atomic mass is 32.2. The zero-order chi connectivity index (χ0) is 29.3. The van der Waals surface area contributed by atoms with Crippen molar-refractivity contribution in [2.24, 2.45) is 0 Å². The molecule has 0 aliphatic carbocycles. The van der Waals surface area contributed by atoms with Crippen LogP contribution in [0.25, 0.3) is 49.4 Å². The molecule has 0 saturated heterocycles. The molecule has 7 aromatic carbocycles. The SMILES string of the molecule is O=P(c1ccccc1)(c1ccccc1)c1ccc2cc(-c3ccc4c(c3)Sc3cccc5c6ccccc6n-4c35)ccc2c1. The molecule has 2 nitrogen and oxygen atoms in total. The predicted octanol–water partition coefficient (Wildman–Crippen LogP) is 9.71. The van der Waals surface area contributed by atoms with Crippen LogP contribution in [0, 0.1) is 0 Å². The number of hydrogen-bond donors (Lipinski definition) is 0. The minimum Gasteiger partial charge on any atom is -0.309 e. The molecule has 0 bridgehead atoms. The van der Waals surface area contributed by atoms with Crippen molar-refractivity contribution in [3.63, 3.8) is 0 Å². The van der Waals surface area contributed by atoms with E-state index >= 15 is 0 Å². The molecule has 0 amide bonds. The predicted molar refractivity (Wildman–Crippen MR) is 187 cm³/mol. The molecule has 0 fully saturated rings. The monoisotopic (exact) mass is 599 g/mol. The lowest BCUT2D eigenvalue weighted by Gasteiger charge is -2.21. The first-order chi connectivity index (χ1) is 21.7. The molecular weight excluding hydrogens is 573 g/mol. The molecule has 1 aliphatic heterocycles. The molecule has 0 N–H and O–H groups in total. The highest BCUT2D eigenvalue weighted by molar-refractivity contribution is 7.99. The van der Waals surface area contributed by atoms with Crippen LogP contribution in [-0.4, -0.2) is 4.57 Å². The summed E-state index contributed by atoms with van der Waals surface area (Å²) >= 11 is 1.85. The van der Waals surface area contributed by atoms with Gasteiger partial charge < -0.3 is 9.13 Å². The number of hydrogen-bond acceptors (Lipinski definition) is 2. The molecule has 1 aromatic heterocycles. The van der Waals surface area contributed by atoms with Gasteiger partial charge in [0.1, 0.15) is 0 Å². The first-order valence-corrected chi connectivity index (χ1v) is 17.3. The lowest BCUT2D eigenvalue weighted by molar-refractivity contribution is 0.592. The second-order valence-electron chi connectivity index (χ2n) is 11.3. The van der Waals surface area contributed by atoms with Crippen molar-refractivity contribution < 1.29 is 4.57 Å². The molecule has 0 saturated carbocycles. The molecule has 4 heteroatoms. The van der Waals surface area contributed by atoms with E-state index in [1.807, 2.05) is 72.4 Å². The van der Waals surface area contributed by atoms with Crippen LogP contribution in [0.4, 0.5) is 0 Å². The Morgan fingerprint density at radius 1 is 0.477 bits per heavy atom. The van der Waals surface area contributed by atoms with Crippen LogP contribution in [-0.2, 0) is 4.57 Å². The normalized spacial score (nSPS) is 12.5. The Hall–Kier alpha value is -4.82. The van der Waals surface area contributed by atoms with E-state index in [1.54, 1.807) is 0 Å². The minimum atomic E-state index is -3.03. The van der Waals surface area contributed by atoms with Gasteiger partial charge >= 0.3 is 0 Å². The van der Waals surface area contributed by atoms with Crippen molar-refractivity contribution in [2.75, 3.05) is 0 Å². The quantitative estimate of drug-likeness (QED) is 0.188.